The zero-order valence-corrected chi connectivity index (χ0v) is 33.0. The van der Waals surface area contributed by atoms with Crippen LogP contribution in [-0.2, 0) is 14.1 Å². The average molecular weight is 855 g/mol. The molecule has 0 bridgehead atoms. The van der Waals surface area contributed by atoms with Gasteiger partial charge in [0.15, 0.2) is 0 Å². The number of hydrogen-bond donors (Lipinski definition) is 5. The molecular weight excluding hydrogens is 817 g/mol. The zero-order valence-electron chi connectivity index (χ0n) is 31.5. The fourth-order valence-electron chi connectivity index (χ4n) is 6.19. The number of urea groups is 2. The summed E-state index contributed by atoms with van der Waals surface area (Å²) in [5, 5.41) is 28.8. The molecule has 1 fully saturated rings. The lowest BCUT2D eigenvalue weighted by molar-refractivity contribution is 0.238. The number of halogens is 6. The monoisotopic (exact) mass is 853 g/mol. The second-order valence-corrected chi connectivity index (χ2v) is 14.0. The minimum atomic E-state index is -0.895. The Labute approximate surface area is 345 Å². The summed E-state index contributed by atoms with van der Waals surface area (Å²) in [5.74, 6) is -2.68. The molecule has 0 unspecified atom stereocenters. The molecule has 3 heterocycles. The number of amides is 4. The fraction of sp³-hybridized carbons (Fsp3) is 0.200. The molecule has 0 radical (unpaired) electrons. The minimum Gasteiger partial charge on any atom is -0.507 e. The largest absolute Gasteiger partial charge is 0.507 e. The third kappa shape index (κ3) is 10.8. The molecular formula is C40H37Cl2F4N9O4. The van der Waals surface area contributed by atoms with Crippen molar-refractivity contribution in [3.8, 4) is 34.0 Å². The van der Waals surface area contributed by atoms with Crippen LogP contribution in [0.3, 0.4) is 0 Å². The maximum atomic E-state index is 13.8. The van der Waals surface area contributed by atoms with Crippen molar-refractivity contribution >= 4 is 58.0 Å². The molecule has 19 heteroatoms. The summed E-state index contributed by atoms with van der Waals surface area (Å²) in [6.45, 7) is 3.50. The third-order valence-electron chi connectivity index (χ3n) is 9.01. The Morgan fingerprint density at radius 2 is 1.19 bits per heavy atom. The van der Waals surface area contributed by atoms with Crippen molar-refractivity contribution in [2.24, 2.45) is 14.1 Å². The normalized spacial score (nSPS) is 12.4. The first-order valence-electron chi connectivity index (χ1n) is 18.0. The minimum absolute atomic E-state index is 0.0500. The van der Waals surface area contributed by atoms with E-state index in [4.69, 9.17) is 27.9 Å². The maximum Gasteiger partial charge on any atom is 0.323 e. The Hall–Kier alpha value is -6.30. The SMILES string of the molecule is Cn1ncc(Cl)c1-c1cc(NC(=O)Nc2ccc(F)cc2F)ccc1O.Cn1ncc(Cl)c1-c1cc(NC(=O)Nc2ccc(F)cc2F)ccc1OCCN1CCCC1. The highest BCUT2D eigenvalue weighted by atomic mass is 35.5. The number of ether oxygens (including phenoxy) is 1. The first-order chi connectivity index (χ1) is 28.2. The van der Waals surface area contributed by atoms with E-state index in [1.807, 2.05) is 0 Å². The lowest BCUT2D eigenvalue weighted by Gasteiger charge is -2.18. The van der Waals surface area contributed by atoms with Gasteiger partial charge in [-0.05, 0) is 86.6 Å². The number of carbonyl (C=O) groups excluding carboxylic acids is 2. The highest BCUT2D eigenvalue weighted by molar-refractivity contribution is 6.33. The molecule has 4 amide bonds. The molecule has 0 saturated carbocycles. The van der Waals surface area contributed by atoms with E-state index in [-0.39, 0.29) is 17.1 Å². The number of rotatable bonds is 10. The predicted octanol–water partition coefficient (Wildman–Crippen LogP) is 9.51. The van der Waals surface area contributed by atoms with Crippen molar-refractivity contribution in [1.29, 1.82) is 0 Å². The molecule has 1 saturated heterocycles. The smallest absolute Gasteiger partial charge is 0.323 e. The van der Waals surface area contributed by atoms with Gasteiger partial charge in [-0.2, -0.15) is 10.2 Å². The van der Waals surface area contributed by atoms with Crippen LogP contribution in [0.2, 0.25) is 10.0 Å². The number of hydrogen-bond acceptors (Lipinski definition) is 7. The van der Waals surface area contributed by atoms with Crippen molar-refractivity contribution in [2.75, 3.05) is 47.5 Å². The van der Waals surface area contributed by atoms with E-state index < -0.39 is 35.3 Å². The van der Waals surface area contributed by atoms with Crippen molar-refractivity contribution in [3.05, 3.63) is 119 Å². The standard InChI is InChI=1S/C23H24ClF2N5O2.C17H13ClF2N4O2/c1-30-22(18(24)14-27-30)17-13-16(5-7-21(17)33-11-10-31-8-2-3-9-31)28-23(32)29-20-6-4-15(25)12-19(20)26;1-24-16(12(18)8-21-24)11-7-10(3-5-15(11)25)22-17(26)23-14-4-2-9(19)6-13(14)20/h4-7,12-14H,2-3,8-11H2,1H3,(H2,28,29,32);2-8,25H,1H3,(H2,22,23,26). The summed E-state index contributed by atoms with van der Waals surface area (Å²) in [6, 6.07) is 13.8. The Morgan fingerprint density at radius 3 is 1.68 bits per heavy atom. The van der Waals surface area contributed by atoms with Crippen molar-refractivity contribution in [3.63, 3.8) is 0 Å². The van der Waals surface area contributed by atoms with Crippen LogP contribution in [0, 0.1) is 23.3 Å². The number of nitrogens with zero attached hydrogens (tertiary/aromatic N) is 5. The molecule has 6 aromatic rings. The first kappa shape index (κ1) is 42.3. The van der Waals surface area contributed by atoms with Crippen LogP contribution in [-0.4, -0.2) is 67.9 Å². The number of likely N-dealkylation sites (tertiary alicyclic amines) is 1. The predicted molar refractivity (Wildman–Crippen MR) is 218 cm³/mol. The number of phenolic OH excluding ortho intramolecular Hbond substituents is 1. The fourth-order valence-corrected chi connectivity index (χ4v) is 6.73. The molecule has 308 valence electrons. The van der Waals surface area contributed by atoms with Gasteiger partial charge in [-0.3, -0.25) is 14.3 Å². The topological polar surface area (TPSA) is 151 Å². The number of anilines is 4. The van der Waals surface area contributed by atoms with Crippen LogP contribution in [0.25, 0.3) is 22.5 Å². The second kappa shape index (κ2) is 19.0. The van der Waals surface area contributed by atoms with Crippen LogP contribution in [0.15, 0.2) is 85.2 Å². The quantitative estimate of drug-likeness (QED) is 0.0681. The molecule has 0 aliphatic carbocycles. The summed E-state index contributed by atoms with van der Waals surface area (Å²) in [4.78, 5) is 26.8. The van der Waals surface area contributed by atoms with Crippen molar-refractivity contribution in [1.82, 2.24) is 24.5 Å². The zero-order chi connectivity index (χ0) is 42.2. The summed E-state index contributed by atoms with van der Waals surface area (Å²) < 4.78 is 62.6. The molecule has 1 aliphatic heterocycles. The van der Waals surface area contributed by atoms with Crippen LogP contribution >= 0.6 is 23.2 Å². The van der Waals surface area contributed by atoms with Gasteiger partial charge >= 0.3 is 12.1 Å². The molecule has 4 aromatic carbocycles. The number of nitrogens with one attached hydrogen (secondary N) is 4. The molecule has 1 aliphatic rings. The number of benzene rings is 4. The average Bonchev–Trinajstić information content (AvgIpc) is 3.92. The van der Waals surface area contributed by atoms with Crippen LogP contribution < -0.4 is 26.0 Å². The van der Waals surface area contributed by atoms with Gasteiger partial charge in [-0.1, -0.05) is 23.2 Å². The molecule has 0 atom stereocenters. The van der Waals surface area contributed by atoms with Crippen molar-refractivity contribution in [2.45, 2.75) is 12.8 Å². The summed E-state index contributed by atoms with van der Waals surface area (Å²) in [7, 11) is 3.42. The van der Waals surface area contributed by atoms with E-state index in [9.17, 15) is 32.3 Å². The van der Waals surface area contributed by atoms with E-state index in [1.165, 1.54) is 48.1 Å². The number of carbonyl (C=O) groups is 2. The van der Waals surface area contributed by atoms with Gasteiger partial charge in [0.2, 0.25) is 0 Å². The molecule has 13 nitrogen and oxygen atoms in total. The second-order valence-electron chi connectivity index (χ2n) is 13.2. The number of aromatic nitrogens is 4. The van der Waals surface area contributed by atoms with E-state index in [2.05, 4.69) is 36.4 Å². The summed E-state index contributed by atoms with van der Waals surface area (Å²) >= 11 is 12.4. The molecule has 5 N–H and O–H groups in total. The maximum absolute atomic E-state index is 13.8. The lowest BCUT2D eigenvalue weighted by atomic mass is 10.1. The van der Waals surface area contributed by atoms with Crippen LogP contribution in [0.1, 0.15) is 12.8 Å². The third-order valence-corrected chi connectivity index (χ3v) is 9.57. The summed E-state index contributed by atoms with van der Waals surface area (Å²) in [6.07, 6.45) is 5.38. The highest BCUT2D eigenvalue weighted by Gasteiger charge is 2.19. The summed E-state index contributed by atoms with van der Waals surface area (Å²) in [5.41, 5.74) is 2.60. The Balaban J connectivity index is 0.000000204. The van der Waals surface area contributed by atoms with Gasteiger partial charge in [0.1, 0.15) is 41.4 Å². The van der Waals surface area contributed by atoms with Gasteiger partial charge in [-0.25, -0.2) is 27.2 Å². The highest BCUT2D eigenvalue weighted by Crippen LogP contribution is 2.37. The van der Waals surface area contributed by atoms with Gasteiger partial charge in [0, 0.05) is 55.3 Å². The van der Waals surface area contributed by atoms with Gasteiger partial charge < -0.3 is 31.1 Å². The molecule has 59 heavy (non-hydrogen) atoms. The van der Waals surface area contributed by atoms with Gasteiger partial charge in [0.05, 0.1) is 45.2 Å². The Bertz CT molecular complexity index is 2440. The number of aryl methyl sites for hydroxylation is 2. The van der Waals surface area contributed by atoms with E-state index in [1.54, 1.807) is 37.0 Å². The van der Waals surface area contributed by atoms with Gasteiger partial charge in [0.25, 0.3) is 0 Å². The van der Waals surface area contributed by atoms with E-state index in [0.29, 0.717) is 68.4 Å². The molecule has 7 rings (SSSR count). The lowest BCUT2D eigenvalue weighted by Crippen LogP contribution is -2.25. The van der Waals surface area contributed by atoms with Gasteiger partial charge in [-0.15, -0.1) is 0 Å². The van der Waals surface area contributed by atoms with E-state index >= 15 is 0 Å². The van der Waals surface area contributed by atoms with Crippen LogP contribution in [0.4, 0.5) is 49.9 Å². The molecule has 0 spiro atoms. The van der Waals surface area contributed by atoms with E-state index in [0.717, 1.165) is 43.9 Å². The Morgan fingerprint density at radius 1 is 0.695 bits per heavy atom. The van der Waals surface area contributed by atoms with Crippen LogP contribution in [0.5, 0.6) is 11.5 Å². The Kier molecular flexibility index (Phi) is 13.6. The first-order valence-corrected chi connectivity index (χ1v) is 18.8. The number of aromatic hydroxyl groups is 1. The van der Waals surface area contributed by atoms with Crippen molar-refractivity contribution < 1.29 is 37.0 Å². The molecule has 2 aromatic heterocycles. The number of phenols is 1.